The molecule has 1 aromatic carbocycles. The van der Waals surface area contributed by atoms with Crippen molar-refractivity contribution in [3.63, 3.8) is 0 Å². The summed E-state index contributed by atoms with van der Waals surface area (Å²) in [6.45, 7) is 6.05. The molecule has 0 radical (unpaired) electrons. The van der Waals surface area contributed by atoms with Crippen LogP contribution in [0.4, 0.5) is 0 Å². The number of amides is 3. The Balaban J connectivity index is 1.87. The van der Waals surface area contributed by atoms with Crippen LogP contribution in [0.15, 0.2) is 24.3 Å². The second kappa shape index (κ2) is 7.87. The molecule has 1 aliphatic rings. The molecule has 7 heteroatoms. The van der Waals surface area contributed by atoms with Gasteiger partial charge in [-0.3, -0.25) is 25.2 Å². The van der Waals surface area contributed by atoms with Gasteiger partial charge in [0.25, 0.3) is 5.91 Å². The molecule has 0 bridgehead atoms. The Morgan fingerprint density at radius 1 is 1.16 bits per heavy atom. The number of benzene rings is 1. The number of likely N-dealkylation sites (tertiary alicyclic amines) is 1. The van der Waals surface area contributed by atoms with E-state index in [-0.39, 0.29) is 24.1 Å². The van der Waals surface area contributed by atoms with E-state index < -0.39 is 11.5 Å². The number of nitrogens with zero attached hydrogens (tertiary/aromatic N) is 1. The van der Waals surface area contributed by atoms with E-state index in [1.807, 2.05) is 20.8 Å². The number of hydrogen-bond acceptors (Lipinski definition) is 3. The molecule has 1 atom stereocenters. The fraction of sp³-hybridized carbons (Fsp3) is 0.500. The Morgan fingerprint density at radius 3 is 2.40 bits per heavy atom. The minimum atomic E-state index is -0.541. The molecule has 25 heavy (non-hydrogen) atoms. The van der Waals surface area contributed by atoms with Crippen LogP contribution in [-0.4, -0.2) is 35.2 Å². The highest BCUT2D eigenvalue weighted by molar-refractivity contribution is 6.30. The predicted molar refractivity (Wildman–Crippen MR) is 95.6 cm³/mol. The van der Waals surface area contributed by atoms with Crippen molar-refractivity contribution >= 4 is 29.3 Å². The second-order valence-electron chi connectivity index (χ2n) is 7.25. The first-order chi connectivity index (χ1) is 11.7. The van der Waals surface area contributed by atoms with Gasteiger partial charge in [-0.05, 0) is 30.5 Å². The molecular weight excluding hydrogens is 342 g/mol. The fourth-order valence-electron chi connectivity index (χ4n) is 2.76. The monoisotopic (exact) mass is 365 g/mol. The van der Waals surface area contributed by atoms with Crippen molar-refractivity contribution in [2.45, 2.75) is 46.1 Å². The van der Waals surface area contributed by atoms with Crippen molar-refractivity contribution in [3.05, 3.63) is 34.9 Å². The van der Waals surface area contributed by atoms with Crippen LogP contribution in [0.2, 0.25) is 5.02 Å². The van der Waals surface area contributed by atoms with Crippen LogP contribution in [0.1, 0.15) is 39.2 Å². The third kappa shape index (κ3) is 5.19. The van der Waals surface area contributed by atoms with Crippen LogP contribution in [-0.2, 0) is 20.8 Å². The molecular formula is C18H24ClN3O3. The lowest BCUT2D eigenvalue weighted by atomic mass is 9.94. The van der Waals surface area contributed by atoms with Gasteiger partial charge in [0, 0.05) is 17.0 Å². The third-order valence-electron chi connectivity index (χ3n) is 4.06. The van der Waals surface area contributed by atoms with E-state index in [0.29, 0.717) is 18.0 Å². The number of hydrogen-bond donors (Lipinski definition) is 2. The number of carbonyl (C=O) groups is 3. The van der Waals surface area contributed by atoms with E-state index in [1.165, 1.54) is 0 Å². The molecule has 6 nitrogen and oxygen atoms in total. The van der Waals surface area contributed by atoms with Gasteiger partial charge < -0.3 is 4.90 Å². The Bertz CT molecular complexity index is 653. The minimum absolute atomic E-state index is 0.0577. The standard InChI is InChI=1S/C18H24ClN3O3/c1-18(2,3)17(25)22-10-4-5-14(22)16(24)21-20-15(23)11-12-6-8-13(19)9-7-12/h6-9,14H,4-5,10-11H2,1-3H3,(H,20,23)(H,21,24). The van der Waals surface area contributed by atoms with Crippen molar-refractivity contribution < 1.29 is 14.4 Å². The summed E-state index contributed by atoms with van der Waals surface area (Å²) in [6, 6.07) is 6.38. The van der Waals surface area contributed by atoms with Crippen molar-refractivity contribution in [1.82, 2.24) is 15.8 Å². The molecule has 1 aromatic rings. The summed E-state index contributed by atoms with van der Waals surface area (Å²) in [5.41, 5.74) is 5.10. The molecule has 0 aromatic heterocycles. The van der Waals surface area contributed by atoms with Gasteiger partial charge in [-0.2, -0.15) is 0 Å². The Morgan fingerprint density at radius 2 is 1.80 bits per heavy atom. The number of carbonyl (C=O) groups excluding carboxylic acids is 3. The van der Waals surface area contributed by atoms with Crippen LogP contribution >= 0.6 is 11.6 Å². The average Bonchev–Trinajstić information content (AvgIpc) is 3.02. The van der Waals surface area contributed by atoms with Crippen molar-refractivity contribution in [3.8, 4) is 0 Å². The molecule has 0 aliphatic carbocycles. The molecule has 1 saturated heterocycles. The normalized spacial score (nSPS) is 17.3. The molecule has 1 aliphatic heterocycles. The highest BCUT2D eigenvalue weighted by Gasteiger charge is 2.38. The van der Waals surface area contributed by atoms with E-state index in [2.05, 4.69) is 10.9 Å². The van der Waals surface area contributed by atoms with Gasteiger partial charge >= 0.3 is 0 Å². The van der Waals surface area contributed by atoms with Crippen LogP contribution in [0.3, 0.4) is 0 Å². The van der Waals surface area contributed by atoms with Crippen LogP contribution in [0.25, 0.3) is 0 Å². The Labute approximate surface area is 152 Å². The predicted octanol–water partition coefficient (Wildman–Crippen LogP) is 2.07. The van der Waals surface area contributed by atoms with Crippen LogP contribution in [0.5, 0.6) is 0 Å². The van der Waals surface area contributed by atoms with E-state index in [9.17, 15) is 14.4 Å². The molecule has 1 heterocycles. The zero-order chi connectivity index (χ0) is 18.6. The maximum Gasteiger partial charge on any atom is 0.261 e. The second-order valence-corrected chi connectivity index (χ2v) is 7.68. The summed E-state index contributed by atoms with van der Waals surface area (Å²) >= 11 is 5.81. The van der Waals surface area contributed by atoms with E-state index in [4.69, 9.17) is 11.6 Å². The zero-order valence-electron chi connectivity index (χ0n) is 14.8. The lowest BCUT2D eigenvalue weighted by Gasteiger charge is -2.30. The number of halogens is 1. The van der Waals surface area contributed by atoms with E-state index in [0.717, 1.165) is 12.0 Å². The largest absolute Gasteiger partial charge is 0.330 e. The van der Waals surface area contributed by atoms with Gasteiger partial charge in [-0.15, -0.1) is 0 Å². The van der Waals surface area contributed by atoms with E-state index in [1.54, 1.807) is 29.2 Å². The zero-order valence-corrected chi connectivity index (χ0v) is 15.5. The number of hydrazine groups is 1. The highest BCUT2D eigenvalue weighted by atomic mass is 35.5. The first-order valence-corrected chi connectivity index (χ1v) is 8.70. The first-order valence-electron chi connectivity index (χ1n) is 8.32. The van der Waals surface area contributed by atoms with Gasteiger partial charge in [0.2, 0.25) is 11.8 Å². The average molecular weight is 366 g/mol. The lowest BCUT2D eigenvalue weighted by Crippen LogP contribution is -2.53. The molecule has 136 valence electrons. The van der Waals surface area contributed by atoms with Crippen LogP contribution in [0, 0.1) is 5.41 Å². The van der Waals surface area contributed by atoms with Crippen LogP contribution < -0.4 is 10.9 Å². The van der Waals surface area contributed by atoms with Gasteiger partial charge in [0.15, 0.2) is 0 Å². The molecule has 0 saturated carbocycles. The van der Waals surface area contributed by atoms with Crippen molar-refractivity contribution in [2.75, 3.05) is 6.54 Å². The Kier molecular flexibility index (Phi) is 6.06. The maximum absolute atomic E-state index is 12.4. The summed E-state index contributed by atoms with van der Waals surface area (Å²) in [5.74, 6) is -0.750. The number of rotatable bonds is 3. The molecule has 0 spiro atoms. The van der Waals surface area contributed by atoms with Gasteiger partial charge in [0.05, 0.1) is 6.42 Å². The number of nitrogens with one attached hydrogen (secondary N) is 2. The highest BCUT2D eigenvalue weighted by Crippen LogP contribution is 2.25. The summed E-state index contributed by atoms with van der Waals surface area (Å²) < 4.78 is 0. The van der Waals surface area contributed by atoms with Gasteiger partial charge in [-0.1, -0.05) is 44.5 Å². The molecule has 1 unspecified atom stereocenters. The molecule has 2 rings (SSSR count). The Hall–Kier alpha value is -2.08. The smallest absolute Gasteiger partial charge is 0.261 e. The first kappa shape index (κ1) is 19.2. The topological polar surface area (TPSA) is 78.5 Å². The van der Waals surface area contributed by atoms with Gasteiger partial charge in [0.1, 0.15) is 6.04 Å². The van der Waals surface area contributed by atoms with Crippen molar-refractivity contribution in [1.29, 1.82) is 0 Å². The molecule has 2 N–H and O–H groups in total. The quantitative estimate of drug-likeness (QED) is 0.805. The molecule has 3 amide bonds. The summed E-state index contributed by atoms with van der Waals surface area (Å²) in [7, 11) is 0. The fourth-order valence-corrected chi connectivity index (χ4v) is 2.89. The third-order valence-corrected chi connectivity index (χ3v) is 4.31. The van der Waals surface area contributed by atoms with E-state index >= 15 is 0 Å². The van der Waals surface area contributed by atoms with Gasteiger partial charge in [-0.25, -0.2) is 0 Å². The maximum atomic E-state index is 12.4. The summed E-state index contributed by atoms with van der Waals surface area (Å²) in [4.78, 5) is 38.3. The lowest BCUT2D eigenvalue weighted by molar-refractivity contribution is -0.145. The minimum Gasteiger partial charge on any atom is -0.330 e. The van der Waals surface area contributed by atoms with Crippen molar-refractivity contribution in [2.24, 2.45) is 5.41 Å². The summed E-state index contributed by atoms with van der Waals surface area (Å²) in [6.07, 6.45) is 1.51. The SMILES string of the molecule is CC(C)(C)C(=O)N1CCCC1C(=O)NNC(=O)Cc1ccc(Cl)cc1. The molecule has 1 fully saturated rings. The summed E-state index contributed by atoms with van der Waals surface area (Å²) in [5, 5.41) is 0.599.